The summed E-state index contributed by atoms with van der Waals surface area (Å²) in [6.45, 7) is 2.56. The van der Waals surface area contributed by atoms with Gasteiger partial charge in [0.25, 0.3) is 5.91 Å². The van der Waals surface area contributed by atoms with Crippen LogP contribution < -0.4 is 14.8 Å². The maximum absolute atomic E-state index is 12.5. The molecule has 1 aromatic heterocycles. The number of halogens is 1. The molecule has 2 aromatic carbocycles. The highest BCUT2D eigenvalue weighted by atomic mass is 35.5. The van der Waals surface area contributed by atoms with Crippen LogP contribution in [0.1, 0.15) is 21.6 Å². The number of nitrogens with one attached hydrogen (secondary N) is 2. The first-order valence-electron chi connectivity index (χ1n) is 7.56. The van der Waals surface area contributed by atoms with Crippen LogP contribution in [0.2, 0.25) is 5.02 Å². The minimum atomic E-state index is -0.155. The highest BCUT2D eigenvalue weighted by Gasteiger charge is 2.16. The van der Waals surface area contributed by atoms with E-state index in [2.05, 4.69) is 10.3 Å². The Balaban J connectivity index is 1.53. The van der Waals surface area contributed by atoms with E-state index < -0.39 is 0 Å². The van der Waals surface area contributed by atoms with E-state index in [0.717, 1.165) is 27.8 Å². The molecule has 1 aliphatic rings. The van der Waals surface area contributed by atoms with E-state index >= 15 is 0 Å². The van der Waals surface area contributed by atoms with Crippen molar-refractivity contribution >= 4 is 28.4 Å². The smallest absolute Gasteiger partial charge is 0.268 e. The van der Waals surface area contributed by atoms with E-state index in [-0.39, 0.29) is 12.7 Å². The number of fused-ring (bicyclic) bond motifs is 2. The molecule has 0 radical (unpaired) electrons. The van der Waals surface area contributed by atoms with E-state index in [9.17, 15) is 4.79 Å². The number of ether oxygens (including phenoxy) is 2. The van der Waals surface area contributed by atoms with Gasteiger partial charge >= 0.3 is 0 Å². The largest absolute Gasteiger partial charge is 0.454 e. The molecule has 24 heavy (non-hydrogen) atoms. The first-order valence-corrected chi connectivity index (χ1v) is 7.94. The fraction of sp³-hybridized carbons (Fsp3) is 0.167. The molecular formula is C18H15ClN2O3. The Labute approximate surface area is 143 Å². The standard InChI is InChI=1S/C18H15ClN2O3/c1-10-13-4-3-12(19)7-14(13)21-17(10)18(22)20-8-11-2-5-15-16(6-11)24-9-23-15/h2-7,21H,8-9H2,1H3,(H,20,22). The van der Waals surface area contributed by atoms with Gasteiger partial charge in [-0.15, -0.1) is 0 Å². The number of aryl methyl sites for hydroxylation is 1. The van der Waals surface area contributed by atoms with Crippen LogP contribution in [-0.2, 0) is 6.54 Å². The molecule has 4 rings (SSSR count). The maximum Gasteiger partial charge on any atom is 0.268 e. The van der Waals surface area contributed by atoms with Crippen LogP contribution in [-0.4, -0.2) is 17.7 Å². The Morgan fingerprint density at radius 2 is 2.04 bits per heavy atom. The second-order valence-electron chi connectivity index (χ2n) is 5.69. The Kier molecular flexibility index (Phi) is 3.58. The van der Waals surface area contributed by atoms with Crippen LogP contribution in [0, 0.1) is 6.92 Å². The van der Waals surface area contributed by atoms with Crippen molar-refractivity contribution in [1.82, 2.24) is 10.3 Å². The van der Waals surface area contributed by atoms with Gasteiger partial charge in [0.2, 0.25) is 6.79 Å². The van der Waals surface area contributed by atoms with Gasteiger partial charge in [-0.1, -0.05) is 23.7 Å². The zero-order chi connectivity index (χ0) is 16.7. The summed E-state index contributed by atoms with van der Waals surface area (Å²) in [4.78, 5) is 15.6. The monoisotopic (exact) mass is 342 g/mol. The van der Waals surface area contributed by atoms with Crippen molar-refractivity contribution in [3.05, 3.63) is 58.2 Å². The van der Waals surface area contributed by atoms with Crippen LogP contribution in [0.4, 0.5) is 0 Å². The first kappa shape index (κ1) is 14.9. The lowest BCUT2D eigenvalue weighted by molar-refractivity contribution is 0.0946. The number of aromatic nitrogens is 1. The van der Waals surface area contributed by atoms with E-state index in [1.807, 2.05) is 43.3 Å². The lowest BCUT2D eigenvalue weighted by atomic mass is 10.1. The third-order valence-electron chi connectivity index (χ3n) is 4.14. The molecule has 2 N–H and O–H groups in total. The molecule has 0 spiro atoms. The fourth-order valence-electron chi connectivity index (χ4n) is 2.86. The molecule has 2 heterocycles. The third kappa shape index (κ3) is 2.57. The van der Waals surface area contributed by atoms with Crippen molar-refractivity contribution in [3.8, 4) is 11.5 Å². The summed E-state index contributed by atoms with van der Waals surface area (Å²) in [6, 6.07) is 11.2. The molecular weight excluding hydrogens is 328 g/mol. The van der Waals surface area contributed by atoms with Crippen molar-refractivity contribution in [2.75, 3.05) is 6.79 Å². The van der Waals surface area contributed by atoms with Gasteiger partial charge in [-0.2, -0.15) is 0 Å². The van der Waals surface area contributed by atoms with Gasteiger partial charge in [0.15, 0.2) is 11.5 Å². The van der Waals surface area contributed by atoms with Gasteiger partial charge in [-0.05, 0) is 42.3 Å². The summed E-state index contributed by atoms with van der Waals surface area (Å²) in [6.07, 6.45) is 0. The number of H-pyrrole nitrogens is 1. The number of benzene rings is 2. The zero-order valence-corrected chi connectivity index (χ0v) is 13.7. The molecule has 0 fully saturated rings. The lowest BCUT2D eigenvalue weighted by Crippen LogP contribution is -2.23. The van der Waals surface area contributed by atoms with E-state index in [0.29, 0.717) is 23.0 Å². The van der Waals surface area contributed by atoms with E-state index in [1.54, 1.807) is 0 Å². The van der Waals surface area contributed by atoms with Crippen LogP contribution in [0.25, 0.3) is 10.9 Å². The molecule has 0 aliphatic carbocycles. The summed E-state index contributed by atoms with van der Waals surface area (Å²) in [5, 5.41) is 4.55. The molecule has 3 aromatic rings. The van der Waals surface area contributed by atoms with Gasteiger partial charge in [0.05, 0.1) is 0 Å². The fourth-order valence-corrected chi connectivity index (χ4v) is 3.03. The minimum Gasteiger partial charge on any atom is -0.454 e. The number of aromatic amines is 1. The average Bonchev–Trinajstić information content (AvgIpc) is 3.16. The highest BCUT2D eigenvalue weighted by molar-refractivity contribution is 6.31. The second-order valence-corrected chi connectivity index (χ2v) is 6.12. The summed E-state index contributed by atoms with van der Waals surface area (Å²) in [5.41, 5.74) is 3.26. The van der Waals surface area contributed by atoms with Crippen molar-refractivity contribution < 1.29 is 14.3 Å². The Morgan fingerprint density at radius 3 is 2.92 bits per heavy atom. The predicted octanol–water partition coefficient (Wildman–Crippen LogP) is 3.79. The number of carbonyl (C=O) groups is 1. The van der Waals surface area contributed by atoms with Crippen molar-refractivity contribution in [2.45, 2.75) is 13.5 Å². The van der Waals surface area contributed by atoms with Crippen LogP contribution in [0.3, 0.4) is 0 Å². The summed E-state index contributed by atoms with van der Waals surface area (Å²) in [7, 11) is 0. The Morgan fingerprint density at radius 1 is 1.21 bits per heavy atom. The first-order chi connectivity index (χ1) is 11.6. The normalized spacial score (nSPS) is 12.6. The van der Waals surface area contributed by atoms with Crippen molar-refractivity contribution in [3.63, 3.8) is 0 Å². The van der Waals surface area contributed by atoms with Crippen molar-refractivity contribution in [2.24, 2.45) is 0 Å². The molecule has 0 bridgehead atoms. The number of hydrogen-bond acceptors (Lipinski definition) is 3. The van der Waals surface area contributed by atoms with Gasteiger partial charge in [0.1, 0.15) is 5.69 Å². The lowest BCUT2D eigenvalue weighted by Gasteiger charge is -2.06. The number of hydrogen-bond donors (Lipinski definition) is 2. The summed E-state index contributed by atoms with van der Waals surface area (Å²) < 4.78 is 10.6. The summed E-state index contributed by atoms with van der Waals surface area (Å²) in [5.74, 6) is 1.28. The van der Waals surface area contributed by atoms with Crippen LogP contribution >= 0.6 is 11.6 Å². The van der Waals surface area contributed by atoms with Crippen LogP contribution in [0.5, 0.6) is 11.5 Å². The zero-order valence-electron chi connectivity index (χ0n) is 13.0. The quantitative estimate of drug-likeness (QED) is 0.761. The minimum absolute atomic E-state index is 0.155. The van der Waals surface area contributed by atoms with Crippen molar-refractivity contribution in [1.29, 1.82) is 0 Å². The number of rotatable bonds is 3. The Hall–Kier alpha value is -2.66. The third-order valence-corrected chi connectivity index (χ3v) is 4.37. The van der Waals surface area contributed by atoms with Gasteiger partial charge < -0.3 is 19.8 Å². The van der Waals surface area contributed by atoms with Gasteiger partial charge in [-0.25, -0.2) is 0 Å². The predicted molar refractivity (Wildman–Crippen MR) is 91.8 cm³/mol. The molecule has 5 nitrogen and oxygen atoms in total. The van der Waals surface area contributed by atoms with E-state index in [4.69, 9.17) is 21.1 Å². The molecule has 0 unspecified atom stereocenters. The van der Waals surface area contributed by atoms with Crippen LogP contribution in [0.15, 0.2) is 36.4 Å². The average molecular weight is 343 g/mol. The Bertz CT molecular complexity index is 949. The topological polar surface area (TPSA) is 63.4 Å². The number of amides is 1. The maximum atomic E-state index is 12.5. The second kappa shape index (κ2) is 5.76. The number of carbonyl (C=O) groups excluding carboxylic acids is 1. The molecule has 0 saturated carbocycles. The molecule has 0 atom stereocenters. The SMILES string of the molecule is Cc1c(C(=O)NCc2ccc3c(c2)OCO3)[nH]c2cc(Cl)ccc12. The molecule has 122 valence electrons. The van der Waals surface area contributed by atoms with Gasteiger partial charge in [-0.3, -0.25) is 4.79 Å². The van der Waals surface area contributed by atoms with Gasteiger partial charge in [0, 0.05) is 22.5 Å². The molecule has 1 amide bonds. The molecule has 6 heteroatoms. The summed E-state index contributed by atoms with van der Waals surface area (Å²) >= 11 is 6.00. The molecule has 0 saturated heterocycles. The highest BCUT2D eigenvalue weighted by Crippen LogP contribution is 2.32. The molecule has 1 aliphatic heterocycles. The van der Waals surface area contributed by atoms with E-state index in [1.165, 1.54) is 0 Å².